The van der Waals surface area contributed by atoms with E-state index in [4.69, 9.17) is 5.73 Å². The first kappa shape index (κ1) is 21.8. The summed E-state index contributed by atoms with van der Waals surface area (Å²) in [6, 6.07) is 9.96. The van der Waals surface area contributed by atoms with Gasteiger partial charge in [0.2, 0.25) is 0 Å². The maximum Gasteiger partial charge on any atom is 0.165 e. The van der Waals surface area contributed by atoms with Crippen LogP contribution in [0.25, 0.3) is 0 Å². The Labute approximate surface area is 168 Å². The van der Waals surface area contributed by atoms with Gasteiger partial charge in [-0.2, -0.15) is 0 Å². The van der Waals surface area contributed by atoms with Crippen molar-refractivity contribution in [1.82, 2.24) is 0 Å². The molecule has 0 heterocycles. The van der Waals surface area contributed by atoms with Crippen molar-refractivity contribution >= 4 is 17.3 Å². The highest BCUT2D eigenvalue weighted by atomic mass is 16.1. The Morgan fingerprint density at radius 2 is 1.79 bits per heavy atom. The molecule has 0 bridgehead atoms. The van der Waals surface area contributed by atoms with Crippen molar-refractivity contribution in [2.24, 2.45) is 11.7 Å². The van der Waals surface area contributed by atoms with Crippen molar-refractivity contribution in [2.75, 3.05) is 18.4 Å². The number of carbonyl (C=O) groups is 2. The Kier molecular flexibility index (Phi) is 7.53. The van der Waals surface area contributed by atoms with Crippen LogP contribution in [0.15, 0.2) is 30.3 Å². The fourth-order valence-corrected chi connectivity index (χ4v) is 3.73. The number of aryl methyl sites for hydroxylation is 2. The molecule has 2 rings (SSSR count). The van der Waals surface area contributed by atoms with Gasteiger partial charge in [0.15, 0.2) is 11.6 Å². The second-order valence-electron chi connectivity index (χ2n) is 7.72. The number of hydrogen-bond acceptors (Lipinski definition) is 4. The van der Waals surface area contributed by atoms with E-state index in [0.29, 0.717) is 19.5 Å². The molecule has 4 nitrogen and oxygen atoms in total. The van der Waals surface area contributed by atoms with Gasteiger partial charge >= 0.3 is 0 Å². The Bertz CT molecular complexity index is 869. The first-order valence-corrected chi connectivity index (χ1v) is 9.97. The van der Waals surface area contributed by atoms with E-state index < -0.39 is 0 Å². The van der Waals surface area contributed by atoms with Gasteiger partial charge in [0.1, 0.15) is 0 Å². The van der Waals surface area contributed by atoms with Crippen LogP contribution in [0.1, 0.15) is 63.7 Å². The zero-order valence-electron chi connectivity index (χ0n) is 17.7. The van der Waals surface area contributed by atoms with E-state index in [1.54, 1.807) is 6.92 Å². The van der Waals surface area contributed by atoms with Crippen LogP contribution in [0.3, 0.4) is 0 Å². The molecule has 2 aromatic rings. The summed E-state index contributed by atoms with van der Waals surface area (Å²) in [5.74, 6) is 0.240. The Balaban J connectivity index is 2.20. The molecular weight excluding hydrogens is 348 g/mol. The molecule has 0 saturated carbocycles. The molecule has 0 aliphatic rings. The maximum absolute atomic E-state index is 12.5. The number of nitrogens with one attached hydrogen (secondary N) is 1. The maximum atomic E-state index is 12.5. The monoisotopic (exact) mass is 380 g/mol. The van der Waals surface area contributed by atoms with E-state index in [9.17, 15) is 9.59 Å². The van der Waals surface area contributed by atoms with Gasteiger partial charge in [-0.3, -0.25) is 9.59 Å². The number of nitrogens with two attached hydrogens (primary N) is 1. The average Bonchev–Trinajstić information content (AvgIpc) is 2.62. The van der Waals surface area contributed by atoms with E-state index in [1.165, 1.54) is 0 Å². The van der Waals surface area contributed by atoms with E-state index in [1.807, 2.05) is 45.0 Å². The van der Waals surface area contributed by atoms with Crippen molar-refractivity contribution in [3.8, 4) is 0 Å². The van der Waals surface area contributed by atoms with E-state index in [2.05, 4.69) is 18.3 Å². The third-order valence-corrected chi connectivity index (χ3v) is 5.09. The highest BCUT2D eigenvalue weighted by Crippen LogP contribution is 2.23. The van der Waals surface area contributed by atoms with Crippen LogP contribution in [0.5, 0.6) is 0 Å². The Morgan fingerprint density at radius 1 is 1.07 bits per heavy atom. The second-order valence-corrected chi connectivity index (χ2v) is 7.72. The number of hydrogen-bond donors (Lipinski definition) is 2. The number of anilines is 1. The van der Waals surface area contributed by atoms with Crippen LogP contribution in [0.4, 0.5) is 5.69 Å². The molecule has 0 aliphatic carbocycles. The molecule has 3 N–H and O–H groups in total. The summed E-state index contributed by atoms with van der Waals surface area (Å²) in [5.41, 5.74) is 12.5. The van der Waals surface area contributed by atoms with Crippen molar-refractivity contribution in [3.63, 3.8) is 0 Å². The van der Waals surface area contributed by atoms with E-state index in [-0.39, 0.29) is 17.5 Å². The summed E-state index contributed by atoms with van der Waals surface area (Å²) < 4.78 is 0. The molecule has 0 unspecified atom stereocenters. The van der Waals surface area contributed by atoms with Crippen LogP contribution in [0.2, 0.25) is 0 Å². The van der Waals surface area contributed by atoms with Crippen LogP contribution in [-0.2, 0) is 12.8 Å². The minimum absolute atomic E-state index is 0.0193. The van der Waals surface area contributed by atoms with Crippen molar-refractivity contribution in [2.45, 2.75) is 47.5 Å². The van der Waals surface area contributed by atoms with Gasteiger partial charge in [0, 0.05) is 29.3 Å². The highest BCUT2D eigenvalue weighted by molar-refractivity contribution is 5.99. The molecule has 0 amide bonds. The van der Waals surface area contributed by atoms with Crippen LogP contribution >= 0.6 is 0 Å². The van der Waals surface area contributed by atoms with Crippen LogP contribution in [-0.4, -0.2) is 24.7 Å². The molecule has 0 aliphatic heterocycles. The van der Waals surface area contributed by atoms with Crippen molar-refractivity contribution < 1.29 is 9.59 Å². The zero-order valence-corrected chi connectivity index (χ0v) is 17.7. The number of ketones is 2. The van der Waals surface area contributed by atoms with Crippen molar-refractivity contribution in [3.05, 3.63) is 63.7 Å². The summed E-state index contributed by atoms with van der Waals surface area (Å²) >= 11 is 0. The van der Waals surface area contributed by atoms with Gasteiger partial charge in [-0.05, 0) is 74.5 Å². The summed E-state index contributed by atoms with van der Waals surface area (Å²) in [5, 5.41) is 3.46. The second kappa shape index (κ2) is 9.65. The molecule has 4 heteroatoms. The number of rotatable bonds is 9. The molecule has 0 radical (unpaired) electrons. The van der Waals surface area contributed by atoms with Crippen molar-refractivity contribution in [1.29, 1.82) is 0 Å². The molecule has 2 aromatic carbocycles. The fourth-order valence-electron chi connectivity index (χ4n) is 3.73. The Hall–Kier alpha value is -2.46. The largest absolute Gasteiger partial charge is 0.385 e. The SMILES string of the molecule is CC(=O)c1c(C)cc(NCCc2c(C)cccc2C(=O)C(C)C)cc1CCN. The quantitative estimate of drug-likeness (QED) is 0.628. The zero-order chi connectivity index (χ0) is 20.8. The Morgan fingerprint density at radius 3 is 2.39 bits per heavy atom. The molecule has 0 saturated heterocycles. The normalized spacial score (nSPS) is 11.0. The molecule has 0 aromatic heterocycles. The smallest absolute Gasteiger partial charge is 0.165 e. The van der Waals surface area contributed by atoms with E-state index >= 15 is 0 Å². The molecule has 0 atom stereocenters. The lowest BCUT2D eigenvalue weighted by atomic mass is 9.92. The summed E-state index contributed by atoms with van der Waals surface area (Å²) in [6.45, 7) is 10.7. The standard InChI is InChI=1S/C24H32N2O2/c1-15(2)24(28)22-8-6-7-16(3)21(22)10-12-26-20-13-17(4)23(18(5)27)19(14-20)9-11-25/h6-8,13-15,26H,9-12,25H2,1-5H3. The molecular formula is C24H32N2O2. The first-order valence-electron chi connectivity index (χ1n) is 9.97. The molecule has 28 heavy (non-hydrogen) atoms. The predicted octanol–water partition coefficient (Wildman–Crippen LogP) is 4.50. The summed E-state index contributed by atoms with van der Waals surface area (Å²) in [7, 11) is 0. The average molecular weight is 381 g/mol. The third kappa shape index (κ3) is 5.08. The fraction of sp³-hybridized carbons (Fsp3) is 0.417. The van der Waals surface area contributed by atoms with Gasteiger partial charge in [-0.1, -0.05) is 32.0 Å². The summed E-state index contributed by atoms with van der Waals surface area (Å²) in [4.78, 5) is 24.5. The topological polar surface area (TPSA) is 72.2 Å². The molecule has 150 valence electrons. The lowest BCUT2D eigenvalue weighted by molar-refractivity contribution is 0.0937. The van der Waals surface area contributed by atoms with Crippen LogP contribution < -0.4 is 11.1 Å². The number of carbonyl (C=O) groups excluding carboxylic acids is 2. The predicted molar refractivity (Wildman–Crippen MR) is 116 cm³/mol. The van der Waals surface area contributed by atoms with Gasteiger partial charge in [0.25, 0.3) is 0 Å². The number of Topliss-reactive ketones (excluding diaryl/α,β-unsaturated/α-hetero) is 2. The highest BCUT2D eigenvalue weighted by Gasteiger charge is 2.16. The number of benzene rings is 2. The van der Waals surface area contributed by atoms with Gasteiger partial charge in [0.05, 0.1) is 0 Å². The third-order valence-electron chi connectivity index (χ3n) is 5.09. The first-order chi connectivity index (χ1) is 13.3. The van der Waals surface area contributed by atoms with E-state index in [0.717, 1.165) is 45.5 Å². The van der Waals surface area contributed by atoms with Crippen LogP contribution in [0, 0.1) is 19.8 Å². The van der Waals surface area contributed by atoms with Gasteiger partial charge in [-0.25, -0.2) is 0 Å². The lowest BCUT2D eigenvalue weighted by Gasteiger charge is -2.16. The van der Waals surface area contributed by atoms with Gasteiger partial charge in [-0.15, -0.1) is 0 Å². The minimum Gasteiger partial charge on any atom is -0.385 e. The van der Waals surface area contributed by atoms with Gasteiger partial charge < -0.3 is 11.1 Å². The lowest BCUT2D eigenvalue weighted by Crippen LogP contribution is -2.15. The molecule has 0 spiro atoms. The minimum atomic E-state index is -0.0193. The molecule has 0 fully saturated rings. The summed E-state index contributed by atoms with van der Waals surface area (Å²) in [6.07, 6.45) is 1.44.